The molecule has 0 saturated heterocycles. The SMILES string of the molecule is Cc1cc(C)cc(C(C(=O)Nc2ccc3ccccc3c2)N(C(=O)C(NC(=O)OC(C)(C)C)C(C)C)C2CC2)c1. The van der Waals surface area contributed by atoms with Crippen LogP contribution in [0, 0.1) is 19.8 Å². The van der Waals surface area contributed by atoms with Crippen molar-refractivity contribution in [3.05, 3.63) is 77.4 Å². The summed E-state index contributed by atoms with van der Waals surface area (Å²) in [5.41, 5.74) is 2.72. The molecule has 7 nitrogen and oxygen atoms in total. The second kappa shape index (κ2) is 11.7. The number of benzene rings is 3. The van der Waals surface area contributed by atoms with E-state index in [0.717, 1.165) is 40.3 Å². The van der Waals surface area contributed by atoms with Crippen molar-refractivity contribution in [1.82, 2.24) is 10.2 Å². The lowest BCUT2D eigenvalue weighted by atomic mass is 9.96. The van der Waals surface area contributed by atoms with Gasteiger partial charge < -0.3 is 20.3 Å². The molecule has 0 aliphatic heterocycles. The van der Waals surface area contributed by atoms with Crippen LogP contribution in [-0.4, -0.2) is 40.5 Å². The normalized spacial score (nSPS) is 14.9. The molecule has 212 valence electrons. The zero-order valence-electron chi connectivity index (χ0n) is 24.6. The van der Waals surface area contributed by atoms with Crippen LogP contribution in [0.2, 0.25) is 0 Å². The number of fused-ring (bicyclic) bond motifs is 1. The topological polar surface area (TPSA) is 87.7 Å². The first-order valence-corrected chi connectivity index (χ1v) is 14.0. The van der Waals surface area contributed by atoms with Gasteiger partial charge in [-0.3, -0.25) is 9.59 Å². The number of aryl methyl sites for hydroxylation is 2. The number of rotatable bonds is 8. The van der Waals surface area contributed by atoms with Crippen molar-refractivity contribution in [2.45, 2.75) is 85.0 Å². The van der Waals surface area contributed by atoms with E-state index in [2.05, 4.69) is 10.6 Å². The van der Waals surface area contributed by atoms with E-state index < -0.39 is 23.8 Å². The minimum atomic E-state index is -0.869. The van der Waals surface area contributed by atoms with E-state index in [0.29, 0.717) is 5.69 Å². The maximum atomic E-state index is 14.3. The Bertz CT molecular complexity index is 1380. The molecule has 2 N–H and O–H groups in total. The van der Waals surface area contributed by atoms with E-state index in [1.807, 2.05) is 88.4 Å². The molecule has 0 bridgehead atoms. The lowest BCUT2D eigenvalue weighted by Crippen LogP contribution is -2.55. The van der Waals surface area contributed by atoms with Crippen LogP contribution in [0.15, 0.2) is 60.7 Å². The summed E-state index contributed by atoms with van der Waals surface area (Å²) in [7, 11) is 0. The molecule has 0 radical (unpaired) electrons. The van der Waals surface area contributed by atoms with E-state index in [1.165, 1.54) is 0 Å². The van der Waals surface area contributed by atoms with E-state index in [4.69, 9.17) is 4.74 Å². The van der Waals surface area contributed by atoms with Gasteiger partial charge in [0.25, 0.3) is 5.91 Å². The minimum Gasteiger partial charge on any atom is -0.444 e. The largest absolute Gasteiger partial charge is 0.444 e. The first kappa shape index (κ1) is 29.1. The van der Waals surface area contributed by atoms with Crippen LogP contribution in [0.5, 0.6) is 0 Å². The van der Waals surface area contributed by atoms with E-state index in [1.54, 1.807) is 25.7 Å². The van der Waals surface area contributed by atoms with Gasteiger partial charge in [0.05, 0.1) is 0 Å². The van der Waals surface area contributed by atoms with Gasteiger partial charge >= 0.3 is 6.09 Å². The molecule has 0 aromatic heterocycles. The van der Waals surface area contributed by atoms with Crippen LogP contribution in [0.25, 0.3) is 10.8 Å². The van der Waals surface area contributed by atoms with Gasteiger partial charge in [0, 0.05) is 11.7 Å². The van der Waals surface area contributed by atoms with Crippen molar-refractivity contribution in [2.24, 2.45) is 5.92 Å². The second-order valence-corrected chi connectivity index (χ2v) is 12.2. The van der Waals surface area contributed by atoms with Crippen LogP contribution >= 0.6 is 0 Å². The van der Waals surface area contributed by atoms with E-state index in [-0.39, 0.29) is 23.8 Å². The van der Waals surface area contributed by atoms with Crippen molar-refractivity contribution in [3.63, 3.8) is 0 Å². The molecule has 4 rings (SSSR count). The van der Waals surface area contributed by atoms with Gasteiger partial charge in [-0.25, -0.2) is 4.79 Å². The Labute approximate surface area is 237 Å². The highest BCUT2D eigenvalue weighted by Gasteiger charge is 2.44. The van der Waals surface area contributed by atoms with Gasteiger partial charge in [0.15, 0.2) is 0 Å². The molecule has 1 aliphatic carbocycles. The van der Waals surface area contributed by atoms with Crippen molar-refractivity contribution >= 4 is 34.4 Å². The predicted octanol–water partition coefficient (Wildman–Crippen LogP) is 6.68. The predicted molar refractivity (Wildman–Crippen MR) is 159 cm³/mol. The Morgan fingerprint density at radius 2 is 1.52 bits per heavy atom. The zero-order chi connectivity index (χ0) is 29.2. The van der Waals surface area contributed by atoms with Gasteiger partial charge in [-0.05, 0) is 81.8 Å². The molecule has 2 unspecified atom stereocenters. The number of alkyl carbamates (subject to hydrolysis) is 1. The average Bonchev–Trinajstić information content (AvgIpc) is 3.68. The summed E-state index contributed by atoms with van der Waals surface area (Å²) in [6, 6.07) is 17.9. The molecular formula is C33H41N3O4. The maximum absolute atomic E-state index is 14.3. The third-order valence-electron chi connectivity index (χ3n) is 6.90. The van der Waals surface area contributed by atoms with Crippen molar-refractivity contribution in [2.75, 3.05) is 5.32 Å². The van der Waals surface area contributed by atoms with Crippen LogP contribution in [-0.2, 0) is 14.3 Å². The Balaban J connectivity index is 1.71. The number of nitrogens with one attached hydrogen (secondary N) is 2. The molecule has 3 amide bonds. The molecule has 1 fully saturated rings. The molecule has 3 aromatic carbocycles. The number of ether oxygens (including phenoxy) is 1. The molecule has 7 heteroatoms. The van der Waals surface area contributed by atoms with Gasteiger partial charge in [0.2, 0.25) is 5.91 Å². The number of carbonyl (C=O) groups excluding carboxylic acids is 3. The van der Waals surface area contributed by atoms with Crippen LogP contribution < -0.4 is 10.6 Å². The van der Waals surface area contributed by atoms with E-state index >= 15 is 0 Å². The monoisotopic (exact) mass is 543 g/mol. The molecule has 2 atom stereocenters. The number of anilines is 1. The first-order valence-electron chi connectivity index (χ1n) is 14.0. The summed E-state index contributed by atoms with van der Waals surface area (Å²) < 4.78 is 5.46. The lowest BCUT2D eigenvalue weighted by molar-refractivity contribution is -0.142. The van der Waals surface area contributed by atoms with E-state index in [9.17, 15) is 14.4 Å². The summed E-state index contributed by atoms with van der Waals surface area (Å²) in [4.78, 5) is 42.8. The summed E-state index contributed by atoms with van der Waals surface area (Å²) in [5.74, 6) is -0.800. The Kier molecular flexibility index (Phi) is 8.52. The standard InChI is InChI=1S/C33H41N3O4/c1-20(2)28(35-32(39)40-33(5,6)7)31(38)36(27-14-15-27)29(25-17-21(3)16-22(4)18-25)30(37)34-26-13-12-23-10-8-9-11-24(23)19-26/h8-13,16-20,27-29H,14-15H2,1-7H3,(H,34,37)(H,35,39). The summed E-state index contributed by atoms with van der Waals surface area (Å²) in [6.45, 7) is 13.1. The summed E-state index contributed by atoms with van der Waals surface area (Å²) in [6.07, 6.45) is 0.944. The molecular weight excluding hydrogens is 502 g/mol. The summed E-state index contributed by atoms with van der Waals surface area (Å²) >= 11 is 0. The summed E-state index contributed by atoms with van der Waals surface area (Å²) in [5, 5.41) is 7.97. The maximum Gasteiger partial charge on any atom is 0.408 e. The molecule has 40 heavy (non-hydrogen) atoms. The quantitative estimate of drug-likeness (QED) is 0.332. The fourth-order valence-electron chi connectivity index (χ4n) is 5.06. The van der Waals surface area contributed by atoms with Crippen molar-refractivity contribution in [1.29, 1.82) is 0 Å². The number of hydrogen-bond acceptors (Lipinski definition) is 4. The molecule has 1 aliphatic rings. The second-order valence-electron chi connectivity index (χ2n) is 12.2. The number of hydrogen-bond donors (Lipinski definition) is 2. The third-order valence-corrected chi connectivity index (χ3v) is 6.90. The third kappa shape index (κ3) is 7.20. The number of nitrogens with zero attached hydrogens (tertiary/aromatic N) is 1. The van der Waals surface area contributed by atoms with Crippen molar-refractivity contribution < 1.29 is 19.1 Å². The first-order chi connectivity index (χ1) is 18.8. The molecule has 0 spiro atoms. The average molecular weight is 544 g/mol. The molecule has 3 aromatic rings. The number of carbonyl (C=O) groups is 3. The van der Waals surface area contributed by atoms with Crippen molar-refractivity contribution in [3.8, 4) is 0 Å². The highest BCUT2D eigenvalue weighted by atomic mass is 16.6. The fraction of sp³-hybridized carbons (Fsp3) is 0.424. The van der Waals surface area contributed by atoms with Gasteiger partial charge in [-0.1, -0.05) is 73.5 Å². The van der Waals surface area contributed by atoms with Gasteiger partial charge in [-0.2, -0.15) is 0 Å². The fourth-order valence-corrected chi connectivity index (χ4v) is 5.06. The highest BCUT2D eigenvalue weighted by Crippen LogP contribution is 2.37. The lowest BCUT2D eigenvalue weighted by Gasteiger charge is -2.36. The van der Waals surface area contributed by atoms with Crippen LogP contribution in [0.3, 0.4) is 0 Å². The Morgan fingerprint density at radius 1 is 0.900 bits per heavy atom. The smallest absolute Gasteiger partial charge is 0.408 e. The van der Waals surface area contributed by atoms with Gasteiger partial charge in [0.1, 0.15) is 17.7 Å². The minimum absolute atomic E-state index is 0.0950. The molecule has 0 heterocycles. The zero-order valence-corrected chi connectivity index (χ0v) is 24.6. The number of amides is 3. The Hall–Kier alpha value is -3.87. The van der Waals surface area contributed by atoms with Crippen LogP contribution in [0.1, 0.15) is 70.2 Å². The molecule has 1 saturated carbocycles. The van der Waals surface area contributed by atoms with Gasteiger partial charge in [-0.15, -0.1) is 0 Å². The Morgan fingerprint density at radius 3 is 2.10 bits per heavy atom. The van der Waals surface area contributed by atoms with Crippen LogP contribution in [0.4, 0.5) is 10.5 Å². The highest BCUT2D eigenvalue weighted by molar-refractivity contribution is 6.00.